The summed E-state index contributed by atoms with van der Waals surface area (Å²) in [6.07, 6.45) is 4.37. The topological polar surface area (TPSA) is 51.9 Å². The van der Waals surface area contributed by atoms with Crippen LogP contribution in [0, 0.1) is 0 Å². The summed E-state index contributed by atoms with van der Waals surface area (Å²) >= 11 is 0. The molecule has 1 aromatic heterocycles. The highest BCUT2D eigenvalue weighted by Crippen LogP contribution is 2.36. The lowest BCUT2D eigenvalue weighted by Crippen LogP contribution is -2.50. The molecule has 2 aliphatic heterocycles. The van der Waals surface area contributed by atoms with Gasteiger partial charge in [-0.25, -0.2) is 0 Å². The minimum absolute atomic E-state index is 0.0543. The van der Waals surface area contributed by atoms with E-state index in [0.717, 1.165) is 25.8 Å². The zero-order valence-corrected chi connectivity index (χ0v) is 14.2. The molecule has 25 heavy (non-hydrogen) atoms. The maximum Gasteiger partial charge on any atom is 0.289 e. The normalized spacial score (nSPS) is 26.2. The van der Waals surface area contributed by atoms with Crippen LogP contribution in [0.5, 0.6) is 0 Å². The van der Waals surface area contributed by atoms with Crippen molar-refractivity contribution in [1.82, 2.24) is 4.90 Å². The molecular weight excluding hydrogens is 318 g/mol. The van der Waals surface area contributed by atoms with Gasteiger partial charge in [-0.1, -0.05) is 30.3 Å². The maximum absolute atomic E-state index is 12.5. The summed E-state index contributed by atoms with van der Waals surface area (Å²) in [5.74, 6) is 0.341. The highest BCUT2D eigenvalue weighted by atomic mass is 16.6. The summed E-state index contributed by atoms with van der Waals surface area (Å²) in [6.45, 7) is 2.55. The molecule has 0 saturated carbocycles. The molecule has 4 rings (SSSR count). The minimum atomic E-state index is -0.276. The lowest BCUT2D eigenvalue weighted by atomic mass is 9.89. The van der Waals surface area contributed by atoms with Crippen molar-refractivity contribution in [2.75, 3.05) is 19.7 Å². The Bertz CT molecular complexity index is 700. The molecule has 3 heterocycles. The number of benzene rings is 1. The third-order valence-electron chi connectivity index (χ3n) is 5.06. The largest absolute Gasteiger partial charge is 0.459 e. The van der Waals surface area contributed by atoms with E-state index in [9.17, 15) is 4.79 Å². The smallest absolute Gasteiger partial charge is 0.289 e. The van der Waals surface area contributed by atoms with Gasteiger partial charge >= 0.3 is 0 Å². The SMILES string of the molecule is O=C(c1ccco1)N1CCCC2(CC(OCc3ccccc3)CO2)C1. The van der Waals surface area contributed by atoms with Gasteiger partial charge in [0.1, 0.15) is 0 Å². The van der Waals surface area contributed by atoms with Crippen LogP contribution in [-0.2, 0) is 16.1 Å². The standard InChI is InChI=1S/C20H23NO4/c22-19(18-8-4-11-23-18)21-10-5-9-20(15-21)12-17(14-25-20)24-13-16-6-2-1-3-7-16/h1-4,6-8,11,17H,5,9-10,12-15H2. The highest BCUT2D eigenvalue weighted by molar-refractivity contribution is 5.91. The van der Waals surface area contributed by atoms with Gasteiger partial charge in [-0.3, -0.25) is 4.79 Å². The van der Waals surface area contributed by atoms with Crippen LogP contribution in [0.15, 0.2) is 53.1 Å². The summed E-state index contributed by atoms with van der Waals surface area (Å²) < 4.78 is 17.4. The van der Waals surface area contributed by atoms with E-state index >= 15 is 0 Å². The number of carbonyl (C=O) groups is 1. The maximum atomic E-state index is 12.5. The van der Waals surface area contributed by atoms with E-state index in [1.807, 2.05) is 23.1 Å². The molecule has 2 atom stereocenters. The van der Waals surface area contributed by atoms with Crippen molar-refractivity contribution in [3.05, 3.63) is 60.1 Å². The van der Waals surface area contributed by atoms with Gasteiger partial charge < -0.3 is 18.8 Å². The molecular formula is C20H23NO4. The fourth-order valence-corrected chi connectivity index (χ4v) is 3.81. The fraction of sp³-hybridized carbons (Fsp3) is 0.450. The van der Waals surface area contributed by atoms with Crippen LogP contribution < -0.4 is 0 Å². The monoisotopic (exact) mass is 341 g/mol. The Morgan fingerprint density at radius 2 is 2.12 bits per heavy atom. The first-order chi connectivity index (χ1) is 12.2. The molecule has 5 nitrogen and oxygen atoms in total. The number of rotatable bonds is 4. The molecule has 1 amide bonds. The lowest BCUT2D eigenvalue weighted by Gasteiger charge is -2.39. The lowest BCUT2D eigenvalue weighted by molar-refractivity contribution is -0.0471. The molecule has 132 valence electrons. The number of piperidine rings is 1. The van der Waals surface area contributed by atoms with Crippen molar-refractivity contribution < 1.29 is 18.7 Å². The van der Waals surface area contributed by atoms with E-state index in [-0.39, 0.29) is 17.6 Å². The summed E-state index contributed by atoms with van der Waals surface area (Å²) in [5, 5.41) is 0. The molecule has 0 N–H and O–H groups in total. The van der Waals surface area contributed by atoms with Gasteiger partial charge in [0.15, 0.2) is 5.76 Å². The van der Waals surface area contributed by atoms with Crippen molar-refractivity contribution >= 4 is 5.91 Å². The van der Waals surface area contributed by atoms with Crippen LogP contribution in [0.3, 0.4) is 0 Å². The van der Waals surface area contributed by atoms with Gasteiger partial charge in [0, 0.05) is 13.0 Å². The molecule has 2 unspecified atom stereocenters. The van der Waals surface area contributed by atoms with Crippen molar-refractivity contribution in [1.29, 1.82) is 0 Å². The molecule has 0 radical (unpaired) electrons. The number of amides is 1. The van der Waals surface area contributed by atoms with Crippen LogP contribution in [0.1, 0.15) is 35.4 Å². The Morgan fingerprint density at radius 1 is 1.24 bits per heavy atom. The van der Waals surface area contributed by atoms with Crippen LogP contribution in [-0.4, -0.2) is 42.2 Å². The minimum Gasteiger partial charge on any atom is -0.459 e. The molecule has 1 aromatic carbocycles. The Morgan fingerprint density at radius 3 is 2.92 bits per heavy atom. The van der Waals surface area contributed by atoms with Crippen LogP contribution >= 0.6 is 0 Å². The number of hydrogen-bond donors (Lipinski definition) is 0. The summed E-state index contributed by atoms with van der Waals surface area (Å²) in [6, 6.07) is 13.6. The molecule has 5 heteroatoms. The molecule has 2 fully saturated rings. The number of ether oxygens (including phenoxy) is 2. The van der Waals surface area contributed by atoms with Gasteiger partial charge in [-0.15, -0.1) is 0 Å². The molecule has 2 aromatic rings. The predicted octanol–water partition coefficient (Wildman–Crippen LogP) is 3.26. The molecule has 2 saturated heterocycles. The van der Waals surface area contributed by atoms with Crippen LogP contribution in [0.2, 0.25) is 0 Å². The van der Waals surface area contributed by atoms with E-state index in [1.165, 1.54) is 11.8 Å². The van der Waals surface area contributed by atoms with Gasteiger partial charge in [0.05, 0.1) is 37.7 Å². The molecule has 0 bridgehead atoms. The Hall–Kier alpha value is -2.11. The quantitative estimate of drug-likeness (QED) is 0.856. The van der Waals surface area contributed by atoms with Crippen molar-refractivity contribution in [2.45, 2.75) is 37.6 Å². The second-order valence-corrected chi connectivity index (χ2v) is 6.92. The molecule has 1 spiro atoms. The third-order valence-corrected chi connectivity index (χ3v) is 5.06. The number of nitrogens with zero attached hydrogens (tertiary/aromatic N) is 1. The second-order valence-electron chi connectivity index (χ2n) is 6.92. The van der Waals surface area contributed by atoms with Gasteiger partial charge in [-0.05, 0) is 30.5 Å². The van der Waals surface area contributed by atoms with E-state index in [4.69, 9.17) is 13.9 Å². The van der Waals surface area contributed by atoms with E-state index in [2.05, 4.69) is 12.1 Å². The first-order valence-electron chi connectivity index (χ1n) is 8.86. The van der Waals surface area contributed by atoms with Gasteiger partial charge in [0.25, 0.3) is 5.91 Å². The summed E-state index contributed by atoms with van der Waals surface area (Å²) in [7, 11) is 0. The van der Waals surface area contributed by atoms with Gasteiger partial charge in [-0.2, -0.15) is 0 Å². The third kappa shape index (κ3) is 3.62. The first-order valence-corrected chi connectivity index (χ1v) is 8.86. The predicted molar refractivity (Wildman–Crippen MR) is 92.2 cm³/mol. The van der Waals surface area contributed by atoms with E-state index in [1.54, 1.807) is 12.1 Å². The van der Waals surface area contributed by atoms with E-state index < -0.39 is 0 Å². The van der Waals surface area contributed by atoms with Crippen molar-refractivity contribution in [3.8, 4) is 0 Å². The number of likely N-dealkylation sites (tertiary alicyclic amines) is 1. The highest BCUT2D eigenvalue weighted by Gasteiger charge is 2.45. The summed E-state index contributed by atoms with van der Waals surface area (Å²) in [5.41, 5.74) is 0.892. The van der Waals surface area contributed by atoms with Crippen molar-refractivity contribution in [2.24, 2.45) is 0 Å². The number of carbonyl (C=O) groups excluding carboxylic acids is 1. The zero-order valence-electron chi connectivity index (χ0n) is 14.2. The zero-order chi connectivity index (χ0) is 17.1. The fourth-order valence-electron chi connectivity index (χ4n) is 3.81. The Balaban J connectivity index is 1.35. The van der Waals surface area contributed by atoms with Crippen LogP contribution in [0.4, 0.5) is 0 Å². The second kappa shape index (κ2) is 7.02. The average Bonchev–Trinajstić information content (AvgIpc) is 3.31. The number of furan rings is 1. The Labute approximate surface area is 147 Å². The molecule has 0 aliphatic carbocycles. The van der Waals surface area contributed by atoms with Crippen molar-refractivity contribution in [3.63, 3.8) is 0 Å². The molecule has 2 aliphatic rings. The summed E-state index contributed by atoms with van der Waals surface area (Å²) in [4.78, 5) is 14.4. The number of hydrogen-bond acceptors (Lipinski definition) is 4. The average molecular weight is 341 g/mol. The van der Waals surface area contributed by atoms with Gasteiger partial charge in [0.2, 0.25) is 0 Å². The first kappa shape index (κ1) is 16.4. The van der Waals surface area contributed by atoms with Crippen LogP contribution in [0.25, 0.3) is 0 Å². The van der Waals surface area contributed by atoms with E-state index in [0.29, 0.717) is 25.5 Å². The Kier molecular flexibility index (Phi) is 4.59.